The van der Waals surface area contributed by atoms with Gasteiger partial charge in [0.2, 0.25) is 0 Å². The molecule has 2 fully saturated rings. The fourth-order valence-electron chi connectivity index (χ4n) is 2.86. The summed E-state index contributed by atoms with van der Waals surface area (Å²) in [6, 6.07) is 1.59. The van der Waals surface area contributed by atoms with Crippen LogP contribution in [0.1, 0.15) is 28.6 Å². The predicted octanol–water partition coefficient (Wildman–Crippen LogP) is 0.0235. The van der Waals surface area contributed by atoms with Crippen LogP contribution in [0.5, 0.6) is 0 Å². The average molecular weight is 313 g/mol. The van der Waals surface area contributed by atoms with E-state index in [2.05, 4.69) is 5.10 Å². The Balaban J connectivity index is 1.79. The fourth-order valence-corrected chi connectivity index (χ4v) is 4.55. The summed E-state index contributed by atoms with van der Waals surface area (Å²) in [6.07, 6.45) is 0.566. The molecule has 1 aromatic rings. The van der Waals surface area contributed by atoms with Crippen molar-refractivity contribution in [3.05, 3.63) is 17.5 Å². The monoisotopic (exact) mass is 313 g/mol. The van der Waals surface area contributed by atoms with E-state index in [9.17, 15) is 13.2 Å². The van der Waals surface area contributed by atoms with Crippen molar-refractivity contribution in [3.8, 4) is 0 Å². The van der Waals surface area contributed by atoms with Crippen LogP contribution in [0.3, 0.4) is 0 Å². The van der Waals surface area contributed by atoms with Crippen LogP contribution >= 0.6 is 0 Å². The molecule has 21 heavy (non-hydrogen) atoms. The number of hydrogen-bond acceptors (Lipinski definition) is 5. The molecule has 3 heterocycles. The van der Waals surface area contributed by atoms with Crippen LogP contribution in [0, 0.1) is 6.92 Å². The molecule has 7 nitrogen and oxygen atoms in total. The number of rotatable bonds is 2. The van der Waals surface area contributed by atoms with Crippen LogP contribution in [0.2, 0.25) is 0 Å². The van der Waals surface area contributed by atoms with Crippen molar-refractivity contribution in [3.63, 3.8) is 0 Å². The minimum Gasteiger partial charge on any atom is -0.378 e. The van der Waals surface area contributed by atoms with Gasteiger partial charge >= 0.3 is 0 Å². The highest BCUT2D eigenvalue weighted by Gasteiger charge is 2.31. The van der Waals surface area contributed by atoms with Crippen LogP contribution in [-0.4, -0.2) is 66.8 Å². The summed E-state index contributed by atoms with van der Waals surface area (Å²) in [5.41, 5.74) is 1.22. The maximum absolute atomic E-state index is 12.4. The van der Waals surface area contributed by atoms with Gasteiger partial charge in [-0.1, -0.05) is 0 Å². The quantitative estimate of drug-likeness (QED) is 0.769. The molecule has 0 aromatic carbocycles. The first-order valence-corrected chi connectivity index (χ1v) is 8.92. The van der Waals surface area contributed by atoms with E-state index in [-0.39, 0.29) is 23.5 Å². The van der Waals surface area contributed by atoms with Gasteiger partial charge in [0, 0.05) is 18.8 Å². The number of amides is 1. The van der Waals surface area contributed by atoms with Gasteiger partial charge in [0.15, 0.2) is 15.5 Å². The molecule has 0 saturated carbocycles. The van der Waals surface area contributed by atoms with Crippen molar-refractivity contribution < 1.29 is 17.9 Å². The Kier molecular flexibility index (Phi) is 3.75. The zero-order chi connectivity index (χ0) is 15.0. The molecule has 2 aliphatic heterocycles. The number of aryl methyl sites for hydroxylation is 1. The SMILES string of the molecule is Cc1cc(C(=O)N2CCOCC2)nn1C1CCS(=O)(=O)C1. The molecule has 116 valence electrons. The van der Waals surface area contributed by atoms with Gasteiger partial charge in [0.1, 0.15) is 0 Å². The molecule has 1 unspecified atom stereocenters. The first-order chi connectivity index (χ1) is 9.96. The van der Waals surface area contributed by atoms with Crippen molar-refractivity contribution in [2.24, 2.45) is 0 Å². The maximum Gasteiger partial charge on any atom is 0.274 e. The molecular formula is C13H19N3O4S. The zero-order valence-corrected chi connectivity index (χ0v) is 12.8. The molecule has 1 amide bonds. The highest BCUT2D eigenvalue weighted by Crippen LogP contribution is 2.25. The molecule has 0 spiro atoms. The lowest BCUT2D eigenvalue weighted by Gasteiger charge is -2.26. The molecule has 2 aliphatic rings. The van der Waals surface area contributed by atoms with Gasteiger partial charge in [-0.3, -0.25) is 9.48 Å². The van der Waals surface area contributed by atoms with Crippen LogP contribution < -0.4 is 0 Å². The summed E-state index contributed by atoms with van der Waals surface area (Å²) in [6.45, 7) is 4.09. The van der Waals surface area contributed by atoms with E-state index in [1.165, 1.54) is 0 Å². The van der Waals surface area contributed by atoms with Crippen LogP contribution in [-0.2, 0) is 14.6 Å². The molecule has 0 aliphatic carbocycles. The lowest BCUT2D eigenvalue weighted by Crippen LogP contribution is -2.40. The second-order valence-corrected chi connectivity index (χ2v) is 7.81. The van der Waals surface area contributed by atoms with Gasteiger partial charge in [-0.05, 0) is 19.4 Å². The number of carbonyl (C=O) groups is 1. The second kappa shape index (κ2) is 5.42. The van der Waals surface area contributed by atoms with Crippen LogP contribution in [0.4, 0.5) is 0 Å². The Morgan fingerprint density at radius 2 is 2.10 bits per heavy atom. The summed E-state index contributed by atoms with van der Waals surface area (Å²) in [7, 11) is -2.96. The number of carbonyl (C=O) groups excluding carboxylic acids is 1. The predicted molar refractivity (Wildman–Crippen MR) is 76.0 cm³/mol. The van der Waals surface area contributed by atoms with Crippen molar-refractivity contribution in [1.29, 1.82) is 0 Å². The van der Waals surface area contributed by atoms with Gasteiger partial charge in [-0.25, -0.2) is 8.42 Å². The van der Waals surface area contributed by atoms with Crippen molar-refractivity contribution >= 4 is 15.7 Å². The molecule has 3 rings (SSSR count). The molecular weight excluding hydrogens is 294 g/mol. The normalized spacial score (nSPS) is 25.2. The third-order valence-electron chi connectivity index (χ3n) is 3.99. The smallest absolute Gasteiger partial charge is 0.274 e. The number of aromatic nitrogens is 2. The van der Waals surface area contributed by atoms with Crippen molar-refractivity contribution in [1.82, 2.24) is 14.7 Å². The third kappa shape index (κ3) is 2.96. The van der Waals surface area contributed by atoms with Gasteiger partial charge in [-0.2, -0.15) is 5.10 Å². The summed E-state index contributed by atoms with van der Waals surface area (Å²) in [5.74, 6) is 0.200. The molecule has 1 atom stereocenters. The van der Waals surface area contributed by atoms with Crippen LogP contribution in [0.15, 0.2) is 6.07 Å². The van der Waals surface area contributed by atoms with E-state index in [0.29, 0.717) is 38.4 Å². The number of nitrogens with zero attached hydrogens (tertiary/aromatic N) is 3. The molecule has 8 heteroatoms. The topological polar surface area (TPSA) is 81.5 Å². The van der Waals surface area contributed by atoms with E-state index < -0.39 is 9.84 Å². The Morgan fingerprint density at radius 3 is 2.71 bits per heavy atom. The van der Waals surface area contributed by atoms with E-state index >= 15 is 0 Å². The van der Waals surface area contributed by atoms with E-state index in [0.717, 1.165) is 5.69 Å². The highest BCUT2D eigenvalue weighted by molar-refractivity contribution is 7.91. The summed E-state index contributed by atoms with van der Waals surface area (Å²) in [4.78, 5) is 14.1. The van der Waals surface area contributed by atoms with E-state index in [1.54, 1.807) is 15.6 Å². The lowest BCUT2D eigenvalue weighted by atomic mass is 10.2. The van der Waals surface area contributed by atoms with Crippen molar-refractivity contribution in [2.75, 3.05) is 37.8 Å². The molecule has 2 saturated heterocycles. The fraction of sp³-hybridized carbons (Fsp3) is 0.692. The first-order valence-electron chi connectivity index (χ1n) is 7.10. The number of hydrogen-bond donors (Lipinski definition) is 0. The Morgan fingerprint density at radius 1 is 1.38 bits per heavy atom. The number of sulfone groups is 1. The largest absolute Gasteiger partial charge is 0.378 e. The van der Waals surface area contributed by atoms with Gasteiger partial charge in [0.25, 0.3) is 5.91 Å². The van der Waals surface area contributed by atoms with Gasteiger partial charge in [-0.15, -0.1) is 0 Å². The van der Waals surface area contributed by atoms with E-state index in [1.807, 2.05) is 6.92 Å². The number of morpholine rings is 1. The Hall–Kier alpha value is -1.41. The zero-order valence-electron chi connectivity index (χ0n) is 12.0. The minimum atomic E-state index is -2.96. The maximum atomic E-state index is 12.4. The standard InChI is InChI=1S/C13H19N3O4S/c1-10-8-12(13(17)15-3-5-20-6-4-15)14-16(10)11-2-7-21(18,19)9-11/h8,11H,2-7,9H2,1H3. The minimum absolute atomic E-state index is 0.110. The summed E-state index contributed by atoms with van der Waals surface area (Å²) in [5, 5.41) is 4.35. The summed E-state index contributed by atoms with van der Waals surface area (Å²) >= 11 is 0. The Labute approximate surface area is 123 Å². The van der Waals surface area contributed by atoms with Crippen LogP contribution in [0.25, 0.3) is 0 Å². The number of ether oxygens (including phenoxy) is 1. The average Bonchev–Trinajstić information content (AvgIpc) is 3.01. The van der Waals surface area contributed by atoms with Gasteiger partial charge < -0.3 is 9.64 Å². The first kappa shape index (κ1) is 14.5. The molecule has 0 N–H and O–H groups in total. The summed E-state index contributed by atoms with van der Waals surface area (Å²) < 4.78 is 30.1. The van der Waals surface area contributed by atoms with E-state index in [4.69, 9.17) is 4.74 Å². The van der Waals surface area contributed by atoms with Gasteiger partial charge in [0.05, 0.1) is 30.8 Å². The highest BCUT2D eigenvalue weighted by atomic mass is 32.2. The Bertz CT molecular complexity index is 646. The van der Waals surface area contributed by atoms with Crippen molar-refractivity contribution in [2.45, 2.75) is 19.4 Å². The second-order valence-electron chi connectivity index (χ2n) is 5.58. The lowest BCUT2D eigenvalue weighted by molar-refractivity contribution is 0.0298. The molecule has 0 bridgehead atoms. The third-order valence-corrected chi connectivity index (χ3v) is 5.74. The molecule has 0 radical (unpaired) electrons. The molecule has 1 aromatic heterocycles.